The van der Waals surface area contributed by atoms with Crippen molar-refractivity contribution in [1.82, 2.24) is 4.57 Å². The molecule has 0 aromatic carbocycles. The van der Waals surface area contributed by atoms with E-state index in [4.69, 9.17) is 0 Å². The molecule has 1 unspecified atom stereocenters. The van der Waals surface area contributed by atoms with Crippen LogP contribution < -0.4 is 10.6 Å². The van der Waals surface area contributed by atoms with Crippen molar-refractivity contribution >= 4 is 0 Å². The minimum Gasteiger partial charge on any atom is -0.634 e. The number of pyridine rings is 1. The van der Waals surface area contributed by atoms with Crippen LogP contribution in [0.15, 0.2) is 23.0 Å². The van der Waals surface area contributed by atoms with Gasteiger partial charge in [-0.25, -0.2) is 0 Å². The Morgan fingerprint density at radius 3 is 3.13 bits per heavy atom. The molecule has 2 aliphatic heterocycles. The second kappa shape index (κ2) is 3.18. The summed E-state index contributed by atoms with van der Waals surface area (Å²) in [5.74, 6) is 0.683. The highest BCUT2D eigenvalue weighted by Crippen LogP contribution is 2.29. The van der Waals surface area contributed by atoms with Crippen LogP contribution in [0.25, 0.3) is 0 Å². The first-order chi connectivity index (χ1) is 7.24. The van der Waals surface area contributed by atoms with Crippen LogP contribution in [0.3, 0.4) is 0 Å². The molecule has 3 atom stereocenters. The van der Waals surface area contributed by atoms with Crippen LogP contribution in [-0.2, 0) is 6.54 Å². The average Bonchev–Trinajstić information content (AvgIpc) is 2.19. The molecule has 0 spiro atoms. The van der Waals surface area contributed by atoms with Gasteiger partial charge in [-0.05, 0) is 12.5 Å². The predicted octanol–water partition coefficient (Wildman–Crippen LogP) is -0.652. The number of nitrogens with one attached hydrogen (secondary N) is 1. The third kappa shape index (κ3) is 1.41. The van der Waals surface area contributed by atoms with Crippen molar-refractivity contribution in [2.24, 2.45) is 5.92 Å². The third-order valence-electron chi connectivity index (χ3n) is 3.55. The lowest BCUT2D eigenvalue weighted by Crippen LogP contribution is -3.10. The monoisotopic (exact) mass is 206 g/mol. The second-order valence-electron chi connectivity index (χ2n) is 4.65. The fourth-order valence-electron chi connectivity index (χ4n) is 2.96. The molecular weight excluding hydrogens is 192 g/mol. The number of aromatic nitrogens is 1. The number of fused-ring (bicyclic) bond motifs is 4. The molecule has 0 amide bonds. The Labute approximate surface area is 87.7 Å². The topological polar surface area (TPSA) is 49.5 Å². The molecule has 0 radical (unpaired) electrons. The van der Waals surface area contributed by atoms with Gasteiger partial charge >= 0.3 is 0 Å². The van der Waals surface area contributed by atoms with E-state index in [0.29, 0.717) is 30.0 Å². The lowest BCUT2D eigenvalue weighted by molar-refractivity contribution is -0.860. The van der Waals surface area contributed by atoms with E-state index in [-0.39, 0.29) is 5.56 Å². The maximum atomic E-state index is 11.7. The first kappa shape index (κ1) is 9.12. The van der Waals surface area contributed by atoms with Crippen LogP contribution in [0.5, 0.6) is 0 Å². The third-order valence-corrected chi connectivity index (χ3v) is 3.55. The van der Waals surface area contributed by atoms with E-state index in [2.05, 4.69) is 0 Å². The van der Waals surface area contributed by atoms with E-state index in [0.717, 1.165) is 18.7 Å². The zero-order valence-electron chi connectivity index (χ0n) is 8.48. The smallest absolute Gasteiger partial charge is 0.250 e. The second-order valence-corrected chi connectivity index (χ2v) is 4.65. The fraction of sp³-hybridized carbons (Fsp3) is 0.545. The summed E-state index contributed by atoms with van der Waals surface area (Å²) in [6.45, 7) is 2.02. The van der Waals surface area contributed by atoms with Gasteiger partial charge in [0.1, 0.15) is 0 Å². The molecule has 2 aliphatic rings. The standard InChI is InChI=1S/C11H14N2O2/c14-11-3-1-2-10-9-4-8(6-13(10)11)5-12(15)7-9/h1-3,8-9,12H,4-7H2/t8-,9+/m0/s1. The lowest BCUT2D eigenvalue weighted by atomic mass is 9.84. The zero-order valence-corrected chi connectivity index (χ0v) is 8.48. The number of hydroxylamine groups is 2. The van der Waals surface area contributed by atoms with Crippen molar-refractivity contribution in [2.75, 3.05) is 13.1 Å². The predicted molar refractivity (Wildman–Crippen MR) is 55.6 cm³/mol. The van der Waals surface area contributed by atoms with Gasteiger partial charge in [0.05, 0.1) is 13.1 Å². The highest BCUT2D eigenvalue weighted by molar-refractivity contribution is 5.15. The largest absolute Gasteiger partial charge is 0.634 e. The van der Waals surface area contributed by atoms with Crippen molar-refractivity contribution < 1.29 is 5.06 Å². The maximum absolute atomic E-state index is 11.7. The van der Waals surface area contributed by atoms with E-state index in [1.807, 2.05) is 10.6 Å². The molecule has 2 bridgehead atoms. The van der Waals surface area contributed by atoms with Crippen molar-refractivity contribution in [1.29, 1.82) is 0 Å². The lowest BCUT2D eigenvalue weighted by Gasteiger charge is -2.41. The van der Waals surface area contributed by atoms with Gasteiger partial charge in [-0.15, -0.1) is 0 Å². The van der Waals surface area contributed by atoms with Crippen LogP contribution >= 0.6 is 0 Å². The van der Waals surface area contributed by atoms with Crippen LogP contribution in [-0.4, -0.2) is 17.7 Å². The minimum atomic E-state index is 0.0801. The summed E-state index contributed by atoms with van der Waals surface area (Å²) in [6.07, 6.45) is 1.08. The Morgan fingerprint density at radius 1 is 1.40 bits per heavy atom. The fourth-order valence-corrected chi connectivity index (χ4v) is 2.96. The summed E-state index contributed by atoms with van der Waals surface area (Å²) in [4.78, 5) is 11.7. The van der Waals surface area contributed by atoms with E-state index in [1.165, 1.54) is 0 Å². The van der Waals surface area contributed by atoms with Crippen LogP contribution in [0, 0.1) is 11.1 Å². The Bertz CT molecular complexity index is 440. The molecule has 1 N–H and O–H groups in total. The summed E-state index contributed by atoms with van der Waals surface area (Å²) < 4.78 is 1.85. The van der Waals surface area contributed by atoms with E-state index >= 15 is 0 Å². The van der Waals surface area contributed by atoms with Gasteiger partial charge in [0.15, 0.2) is 0 Å². The summed E-state index contributed by atoms with van der Waals surface area (Å²) in [5.41, 5.74) is 1.14. The van der Waals surface area contributed by atoms with Gasteiger partial charge in [-0.1, -0.05) is 6.07 Å². The van der Waals surface area contributed by atoms with Gasteiger partial charge in [-0.2, -0.15) is 0 Å². The van der Waals surface area contributed by atoms with Crippen LogP contribution in [0.1, 0.15) is 18.0 Å². The number of nitrogens with zero attached hydrogens (tertiary/aromatic N) is 1. The van der Waals surface area contributed by atoms with Gasteiger partial charge in [0.25, 0.3) is 5.56 Å². The summed E-state index contributed by atoms with van der Waals surface area (Å²) in [7, 11) is 0. The number of rotatable bonds is 0. The van der Waals surface area contributed by atoms with Crippen molar-refractivity contribution in [3.63, 3.8) is 0 Å². The van der Waals surface area contributed by atoms with Crippen molar-refractivity contribution in [2.45, 2.75) is 18.9 Å². The molecular formula is C11H14N2O2. The maximum Gasteiger partial charge on any atom is 0.250 e. The molecule has 1 aromatic rings. The Hall–Kier alpha value is -1.13. The van der Waals surface area contributed by atoms with E-state index in [9.17, 15) is 10.0 Å². The number of hydrogen-bond donors (Lipinski definition) is 1. The van der Waals surface area contributed by atoms with E-state index in [1.54, 1.807) is 12.1 Å². The molecule has 0 aliphatic carbocycles. The Balaban J connectivity index is 2.10. The quantitative estimate of drug-likeness (QED) is 0.573. The Morgan fingerprint density at radius 2 is 2.27 bits per heavy atom. The minimum absolute atomic E-state index is 0.0801. The molecule has 4 nitrogen and oxygen atoms in total. The molecule has 0 saturated carbocycles. The van der Waals surface area contributed by atoms with E-state index < -0.39 is 0 Å². The number of piperidine rings is 1. The van der Waals surface area contributed by atoms with Gasteiger partial charge < -0.3 is 14.8 Å². The summed E-state index contributed by atoms with van der Waals surface area (Å²) in [5, 5.41) is 11.8. The molecule has 80 valence electrons. The molecule has 1 saturated heterocycles. The van der Waals surface area contributed by atoms with Crippen LogP contribution in [0.2, 0.25) is 0 Å². The first-order valence-corrected chi connectivity index (χ1v) is 5.45. The van der Waals surface area contributed by atoms with Crippen molar-refractivity contribution in [3.8, 4) is 0 Å². The van der Waals surface area contributed by atoms with Gasteiger partial charge in [-0.3, -0.25) is 4.79 Å². The highest BCUT2D eigenvalue weighted by atomic mass is 16.5. The molecule has 3 heterocycles. The molecule has 1 aromatic heterocycles. The van der Waals surface area contributed by atoms with Gasteiger partial charge in [0.2, 0.25) is 0 Å². The average molecular weight is 206 g/mol. The van der Waals surface area contributed by atoms with Crippen LogP contribution in [0.4, 0.5) is 0 Å². The van der Waals surface area contributed by atoms with Gasteiger partial charge in [0, 0.05) is 30.1 Å². The summed E-state index contributed by atoms with van der Waals surface area (Å²) in [6, 6.07) is 5.39. The normalized spacial score (nSPS) is 33.5. The van der Waals surface area contributed by atoms with Crippen molar-refractivity contribution in [3.05, 3.63) is 39.5 Å². The molecule has 15 heavy (non-hydrogen) atoms. The highest BCUT2D eigenvalue weighted by Gasteiger charge is 2.34. The molecule has 1 fully saturated rings. The molecule has 3 rings (SSSR count). The first-order valence-electron chi connectivity index (χ1n) is 5.45. The number of quaternary nitrogens is 1. The summed E-state index contributed by atoms with van der Waals surface area (Å²) >= 11 is 0. The zero-order chi connectivity index (χ0) is 10.4. The molecule has 4 heteroatoms. The Kier molecular flexibility index (Phi) is 1.94. The SMILES string of the molecule is O=c1cccc2n1C[C@H]1C[C@@H]2C[NH+]([O-])C1. The number of hydrogen-bond acceptors (Lipinski definition) is 2.